The normalized spacial score (nSPS) is 12.3. The minimum atomic E-state index is -0.695. The number of benzene rings is 1. The number of ether oxygens (including phenoxy) is 1. The molecule has 1 atom stereocenters. The zero-order valence-corrected chi connectivity index (χ0v) is 13.7. The van der Waals surface area contributed by atoms with Gasteiger partial charge in [-0.1, -0.05) is 30.3 Å². The van der Waals surface area contributed by atoms with Gasteiger partial charge in [-0.3, -0.25) is 9.36 Å². The average molecular weight is 328 g/mol. The number of thiophene rings is 1. The lowest BCUT2D eigenvalue weighted by Gasteiger charge is -2.12. The number of rotatable bonds is 4. The van der Waals surface area contributed by atoms with E-state index >= 15 is 0 Å². The van der Waals surface area contributed by atoms with E-state index < -0.39 is 12.0 Å². The van der Waals surface area contributed by atoms with Crippen molar-refractivity contribution in [3.63, 3.8) is 0 Å². The quantitative estimate of drug-likeness (QED) is 0.690. The monoisotopic (exact) mass is 328 g/mol. The lowest BCUT2D eigenvalue weighted by Crippen LogP contribution is -2.29. The van der Waals surface area contributed by atoms with Gasteiger partial charge in [0, 0.05) is 4.88 Å². The molecule has 0 aliphatic heterocycles. The highest BCUT2D eigenvalue weighted by molar-refractivity contribution is 7.21. The lowest BCUT2D eigenvalue weighted by molar-refractivity contribution is -0.146. The van der Waals surface area contributed by atoms with Crippen molar-refractivity contribution >= 4 is 27.5 Å². The van der Waals surface area contributed by atoms with Crippen molar-refractivity contribution in [1.82, 2.24) is 9.55 Å². The number of carbonyl (C=O) groups is 1. The third kappa shape index (κ3) is 2.90. The summed E-state index contributed by atoms with van der Waals surface area (Å²) >= 11 is 1.46. The molecule has 3 aromatic rings. The zero-order chi connectivity index (χ0) is 16.4. The second-order valence-electron chi connectivity index (χ2n) is 5.08. The van der Waals surface area contributed by atoms with E-state index in [0.29, 0.717) is 10.2 Å². The summed E-state index contributed by atoms with van der Waals surface area (Å²) in [5.41, 5.74) is 0.814. The van der Waals surface area contributed by atoms with Crippen LogP contribution in [0.25, 0.3) is 20.7 Å². The maximum Gasteiger partial charge on any atom is 0.328 e. The standard InChI is InChI=1S/C17H16N2O3S/c1-3-22-17(21)11(2)19-10-18-15-13(16(19)20)9-14(23-15)12-7-5-4-6-8-12/h4-11H,3H2,1-2H3/t11-/m0/s1. The summed E-state index contributed by atoms with van der Waals surface area (Å²) in [4.78, 5) is 30.5. The van der Waals surface area contributed by atoms with Gasteiger partial charge in [-0.2, -0.15) is 0 Å². The molecule has 6 heteroatoms. The second-order valence-corrected chi connectivity index (χ2v) is 6.11. The Labute approximate surface area is 137 Å². The van der Waals surface area contributed by atoms with Gasteiger partial charge in [0.1, 0.15) is 10.9 Å². The van der Waals surface area contributed by atoms with Crippen LogP contribution in [0.4, 0.5) is 0 Å². The molecule has 0 amide bonds. The number of aromatic nitrogens is 2. The van der Waals surface area contributed by atoms with Gasteiger partial charge < -0.3 is 4.74 Å². The Balaban J connectivity index is 2.06. The number of nitrogens with zero attached hydrogens (tertiary/aromatic N) is 2. The summed E-state index contributed by atoms with van der Waals surface area (Å²) in [5, 5.41) is 0.521. The molecular weight excluding hydrogens is 312 g/mol. The molecule has 5 nitrogen and oxygen atoms in total. The Bertz CT molecular complexity index is 899. The first-order valence-corrected chi connectivity index (χ1v) is 8.16. The van der Waals surface area contributed by atoms with Crippen LogP contribution in [-0.2, 0) is 9.53 Å². The van der Waals surface area contributed by atoms with Crippen molar-refractivity contribution in [1.29, 1.82) is 0 Å². The first-order valence-electron chi connectivity index (χ1n) is 7.34. The molecule has 2 aromatic heterocycles. The van der Waals surface area contributed by atoms with Gasteiger partial charge in [-0.05, 0) is 25.5 Å². The molecule has 0 unspecified atom stereocenters. The van der Waals surface area contributed by atoms with Crippen molar-refractivity contribution in [2.75, 3.05) is 6.61 Å². The zero-order valence-electron chi connectivity index (χ0n) is 12.9. The fourth-order valence-electron chi connectivity index (χ4n) is 2.33. The second kappa shape index (κ2) is 6.34. The maximum atomic E-state index is 12.6. The highest BCUT2D eigenvalue weighted by Gasteiger charge is 2.19. The molecule has 1 aromatic carbocycles. The van der Waals surface area contributed by atoms with Crippen molar-refractivity contribution in [2.45, 2.75) is 19.9 Å². The van der Waals surface area contributed by atoms with Crippen LogP contribution < -0.4 is 5.56 Å². The van der Waals surface area contributed by atoms with Crippen molar-refractivity contribution in [3.05, 3.63) is 53.1 Å². The maximum absolute atomic E-state index is 12.6. The predicted molar refractivity (Wildman–Crippen MR) is 90.7 cm³/mol. The van der Waals surface area contributed by atoms with Gasteiger partial charge in [0.05, 0.1) is 18.3 Å². The van der Waals surface area contributed by atoms with Crippen molar-refractivity contribution in [2.24, 2.45) is 0 Å². The third-order valence-corrected chi connectivity index (χ3v) is 4.67. The van der Waals surface area contributed by atoms with E-state index in [1.165, 1.54) is 22.2 Å². The molecule has 118 valence electrons. The summed E-state index contributed by atoms with van der Waals surface area (Å²) in [6.45, 7) is 3.65. The summed E-state index contributed by atoms with van der Waals surface area (Å²) in [6.07, 6.45) is 1.41. The Morgan fingerprint density at radius 1 is 1.35 bits per heavy atom. The van der Waals surface area contributed by atoms with Crippen LogP contribution in [0.5, 0.6) is 0 Å². The largest absolute Gasteiger partial charge is 0.464 e. The van der Waals surface area contributed by atoms with E-state index in [4.69, 9.17) is 4.74 Å². The van der Waals surface area contributed by atoms with Crippen LogP contribution in [0.1, 0.15) is 19.9 Å². The molecule has 0 N–H and O–H groups in total. The Hall–Kier alpha value is -2.47. The van der Waals surface area contributed by atoms with Crippen LogP contribution in [0.3, 0.4) is 0 Å². The molecule has 3 rings (SSSR count). The summed E-state index contributed by atoms with van der Waals surface area (Å²) in [6, 6.07) is 11.0. The molecule has 0 aliphatic carbocycles. The minimum absolute atomic E-state index is 0.228. The first kappa shape index (κ1) is 15.4. The molecule has 0 bridgehead atoms. The smallest absolute Gasteiger partial charge is 0.328 e. The Morgan fingerprint density at radius 2 is 2.09 bits per heavy atom. The topological polar surface area (TPSA) is 61.2 Å². The molecule has 2 heterocycles. The fraction of sp³-hybridized carbons (Fsp3) is 0.235. The number of fused-ring (bicyclic) bond motifs is 1. The number of hydrogen-bond donors (Lipinski definition) is 0. The van der Waals surface area contributed by atoms with Crippen LogP contribution >= 0.6 is 11.3 Å². The molecular formula is C17H16N2O3S. The van der Waals surface area contributed by atoms with Gasteiger partial charge in [-0.15, -0.1) is 11.3 Å². The van der Waals surface area contributed by atoms with Gasteiger partial charge in [0.25, 0.3) is 5.56 Å². The molecule has 0 aliphatic rings. The third-order valence-electron chi connectivity index (χ3n) is 3.58. The van der Waals surface area contributed by atoms with E-state index in [2.05, 4.69) is 4.98 Å². The summed E-state index contributed by atoms with van der Waals surface area (Å²) in [7, 11) is 0. The van der Waals surface area contributed by atoms with Gasteiger partial charge in [0.2, 0.25) is 0 Å². The summed E-state index contributed by atoms with van der Waals surface area (Å²) < 4.78 is 6.30. The van der Waals surface area contributed by atoms with Crippen molar-refractivity contribution in [3.8, 4) is 10.4 Å². The Kier molecular flexibility index (Phi) is 4.25. The van der Waals surface area contributed by atoms with Gasteiger partial charge in [0.15, 0.2) is 0 Å². The van der Waals surface area contributed by atoms with Crippen LogP contribution in [-0.4, -0.2) is 22.1 Å². The molecule has 0 saturated heterocycles. The van der Waals surface area contributed by atoms with E-state index in [0.717, 1.165) is 10.4 Å². The van der Waals surface area contributed by atoms with E-state index in [-0.39, 0.29) is 12.2 Å². The van der Waals surface area contributed by atoms with E-state index in [1.54, 1.807) is 13.8 Å². The van der Waals surface area contributed by atoms with E-state index in [9.17, 15) is 9.59 Å². The van der Waals surface area contributed by atoms with Gasteiger partial charge >= 0.3 is 5.97 Å². The first-order chi connectivity index (χ1) is 11.1. The van der Waals surface area contributed by atoms with Gasteiger partial charge in [-0.25, -0.2) is 9.78 Å². The molecule has 23 heavy (non-hydrogen) atoms. The Morgan fingerprint density at radius 3 is 2.78 bits per heavy atom. The SMILES string of the molecule is CCOC(=O)[C@H](C)n1cnc2sc(-c3ccccc3)cc2c1=O. The molecule has 0 saturated carbocycles. The highest BCUT2D eigenvalue weighted by Crippen LogP contribution is 2.30. The molecule has 0 fully saturated rings. The number of esters is 1. The van der Waals surface area contributed by atoms with Crippen LogP contribution in [0.15, 0.2) is 47.5 Å². The highest BCUT2D eigenvalue weighted by atomic mass is 32.1. The predicted octanol–water partition coefficient (Wildman–Crippen LogP) is 3.25. The number of hydrogen-bond acceptors (Lipinski definition) is 5. The minimum Gasteiger partial charge on any atom is -0.464 e. The van der Waals surface area contributed by atoms with E-state index in [1.807, 2.05) is 36.4 Å². The number of carbonyl (C=O) groups excluding carboxylic acids is 1. The van der Waals surface area contributed by atoms with Crippen LogP contribution in [0, 0.1) is 0 Å². The molecule has 0 spiro atoms. The summed E-state index contributed by atoms with van der Waals surface area (Å²) in [5.74, 6) is -0.436. The fourth-order valence-corrected chi connectivity index (χ4v) is 3.33. The molecule has 0 radical (unpaired) electrons. The van der Waals surface area contributed by atoms with Crippen molar-refractivity contribution < 1.29 is 9.53 Å². The lowest BCUT2D eigenvalue weighted by atomic mass is 10.2. The van der Waals surface area contributed by atoms with Crippen LogP contribution in [0.2, 0.25) is 0 Å². The average Bonchev–Trinajstić information content (AvgIpc) is 3.01.